The second-order valence-electron chi connectivity index (χ2n) is 6.48. The van der Waals surface area contributed by atoms with Gasteiger partial charge in [0.25, 0.3) is 0 Å². The highest BCUT2D eigenvalue weighted by Crippen LogP contribution is 2.33. The van der Waals surface area contributed by atoms with Crippen LogP contribution in [0.15, 0.2) is 41.6 Å². The summed E-state index contributed by atoms with van der Waals surface area (Å²) in [6.45, 7) is 6.68. The second kappa shape index (κ2) is 9.33. The highest BCUT2D eigenvalue weighted by Gasteiger charge is 2.18. The van der Waals surface area contributed by atoms with Gasteiger partial charge in [0.15, 0.2) is 11.0 Å². The summed E-state index contributed by atoms with van der Waals surface area (Å²) >= 11 is 7.50. The molecule has 0 saturated heterocycles. The molecule has 0 atom stereocenters. The Morgan fingerprint density at radius 1 is 1.24 bits per heavy atom. The molecule has 1 aromatic heterocycles. The highest BCUT2D eigenvalue weighted by molar-refractivity contribution is 7.99. The van der Waals surface area contributed by atoms with Gasteiger partial charge in [-0.2, -0.15) is 0 Å². The number of thioether (sulfide) groups is 1. The van der Waals surface area contributed by atoms with Crippen LogP contribution in [0.2, 0.25) is 5.02 Å². The Bertz CT molecular complexity index is 1040. The number of ether oxygens (including phenoxy) is 1. The minimum Gasteiger partial charge on any atom is -0.496 e. The number of hydrogen-bond acceptors (Lipinski definition) is 5. The topological polar surface area (TPSA) is 69.0 Å². The van der Waals surface area contributed by atoms with E-state index < -0.39 is 0 Å². The van der Waals surface area contributed by atoms with Gasteiger partial charge < -0.3 is 14.6 Å². The number of amides is 1. The first-order valence-corrected chi connectivity index (χ1v) is 10.6. The van der Waals surface area contributed by atoms with Gasteiger partial charge >= 0.3 is 0 Å². The van der Waals surface area contributed by atoms with Crippen LogP contribution in [-0.2, 0) is 11.3 Å². The van der Waals surface area contributed by atoms with Crippen molar-refractivity contribution < 1.29 is 9.53 Å². The van der Waals surface area contributed by atoms with Gasteiger partial charge in [-0.05, 0) is 56.2 Å². The molecule has 0 spiro atoms. The zero-order valence-corrected chi connectivity index (χ0v) is 18.4. The first-order valence-electron chi connectivity index (χ1n) is 9.20. The van der Waals surface area contributed by atoms with Crippen molar-refractivity contribution in [2.75, 3.05) is 18.2 Å². The van der Waals surface area contributed by atoms with E-state index in [0.717, 1.165) is 22.4 Å². The maximum Gasteiger partial charge on any atom is 0.234 e. The lowest BCUT2D eigenvalue weighted by molar-refractivity contribution is -0.113. The molecule has 0 radical (unpaired) electrons. The summed E-state index contributed by atoms with van der Waals surface area (Å²) in [7, 11) is 1.60. The molecule has 0 unspecified atom stereocenters. The van der Waals surface area contributed by atoms with Crippen LogP contribution in [0.1, 0.15) is 18.1 Å². The molecule has 0 aliphatic rings. The van der Waals surface area contributed by atoms with Gasteiger partial charge in [-0.1, -0.05) is 35.5 Å². The first-order chi connectivity index (χ1) is 13.9. The van der Waals surface area contributed by atoms with Crippen LogP contribution in [0.25, 0.3) is 11.4 Å². The standard InChI is InChI=1S/C21H23ClN4O2S/c1-5-26-20(16-11-15(22)9-10-18(16)28-4)24-25-21(26)29-12-19(27)23-17-8-6-7-13(2)14(17)3/h6-11H,5,12H2,1-4H3,(H,23,27). The lowest BCUT2D eigenvalue weighted by Gasteiger charge is -2.12. The minimum absolute atomic E-state index is 0.0868. The Morgan fingerprint density at radius 3 is 2.76 bits per heavy atom. The summed E-state index contributed by atoms with van der Waals surface area (Å²) < 4.78 is 7.39. The van der Waals surface area contributed by atoms with E-state index in [1.807, 2.05) is 43.5 Å². The number of anilines is 1. The van der Waals surface area contributed by atoms with Crippen molar-refractivity contribution in [1.82, 2.24) is 14.8 Å². The molecule has 3 aromatic rings. The second-order valence-corrected chi connectivity index (χ2v) is 7.86. The fourth-order valence-corrected chi connectivity index (χ4v) is 3.91. The number of aromatic nitrogens is 3. The van der Waals surface area contributed by atoms with E-state index in [1.165, 1.54) is 11.8 Å². The molecule has 3 rings (SSSR count). The third-order valence-corrected chi connectivity index (χ3v) is 5.85. The van der Waals surface area contributed by atoms with Crippen molar-refractivity contribution in [2.45, 2.75) is 32.5 Å². The zero-order chi connectivity index (χ0) is 21.0. The lowest BCUT2D eigenvalue weighted by Crippen LogP contribution is -2.15. The van der Waals surface area contributed by atoms with E-state index in [-0.39, 0.29) is 11.7 Å². The molecule has 29 heavy (non-hydrogen) atoms. The number of rotatable bonds is 7. The molecule has 2 aromatic carbocycles. The van der Waals surface area contributed by atoms with Crippen LogP contribution < -0.4 is 10.1 Å². The summed E-state index contributed by atoms with van der Waals surface area (Å²) in [6.07, 6.45) is 0. The molecule has 152 valence electrons. The van der Waals surface area contributed by atoms with Crippen LogP contribution in [0.4, 0.5) is 5.69 Å². The van der Waals surface area contributed by atoms with E-state index in [1.54, 1.807) is 25.3 Å². The molecule has 0 bridgehead atoms. The van der Waals surface area contributed by atoms with E-state index in [9.17, 15) is 4.79 Å². The average Bonchev–Trinajstić information content (AvgIpc) is 3.12. The normalized spacial score (nSPS) is 10.8. The molecule has 1 amide bonds. The number of hydrogen-bond donors (Lipinski definition) is 1. The molecular weight excluding hydrogens is 408 g/mol. The Balaban J connectivity index is 1.77. The maximum atomic E-state index is 12.4. The molecule has 1 N–H and O–H groups in total. The summed E-state index contributed by atoms with van der Waals surface area (Å²) in [5.41, 5.74) is 3.80. The van der Waals surface area contributed by atoms with Crippen molar-refractivity contribution in [3.05, 3.63) is 52.5 Å². The van der Waals surface area contributed by atoms with Gasteiger partial charge in [-0.3, -0.25) is 4.79 Å². The predicted octanol–water partition coefficient (Wildman–Crippen LogP) is 4.97. The minimum atomic E-state index is -0.0868. The predicted molar refractivity (Wildman–Crippen MR) is 118 cm³/mol. The van der Waals surface area contributed by atoms with Crippen molar-refractivity contribution in [2.24, 2.45) is 0 Å². The van der Waals surface area contributed by atoms with Crippen molar-refractivity contribution in [1.29, 1.82) is 0 Å². The zero-order valence-electron chi connectivity index (χ0n) is 16.8. The molecule has 8 heteroatoms. The van der Waals surface area contributed by atoms with Gasteiger partial charge in [-0.25, -0.2) is 0 Å². The number of carbonyl (C=O) groups excluding carboxylic acids is 1. The van der Waals surface area contributed by atoms with Crippen LogP contribution in [0.5, 0.6) is 5.75 Å². The first kappa shape index (κ1) is 21.2. The Morgan fingerprint density at radius 2 is 2.03 bits per heavy atom. The number of methoxy groups -OCH3 is 1. The number of nitrogens with one attached hydrogen (secondary N) is 1. The molecule has 0 saturated carbocycles. The smallest absolute Gasteiger partial charge is 0.234 e. The third kappa shape index (κ3) is 4.74. The largest absolute Gasteiger partial charge is 0.496 e. The van der Waals surface area contributed by atoms with E-state index in [4.69, 9.17) is 16.3 Å². The average molecular weight is 431 g/mol. The maximum absolute atomic E-state index is 12.4. The third-order valence-electron chi connectivity index (χ3n) is 4.65. The Hall–Kier alpha value is -2.51. The number of halogens is 1. The van der Waals surface area contributed by atoms with Crippen LogP contribution in [0.3, 0.4) is 0 Å². The molecule has 6 nitrogen and oxygen atoms in total. The highest BCUT2D eigenvalue weighted by atomic mass is 35.5. The molecule has 0 aliphatic heterocycles. The summed E-state index contributed by atoms with van der Waals surface area (Å²) in [6, 6.07) is 11.2. The van der Waals surface area contributed by atoms with E-state index >= 15 is 0 Å². The Kier molecular flexibility index (Phi) is 6.82. The molecular formula is C21H23ClN4O2S. The molecule has 1 heterocycles. The SMILES string of the molecule is CCn1c(SCC(=O)Nc2cccc(C)c2C)nnc1-c1cc(Cl)ccc1OC. The quantitative estimate of drug-likeness (QED) is 0.535. The van der Waals surface area contributed by atoms with Gasteiger partial charge in [0, 0.05) is 17.3 Å². The van der Waals surface area contributed by atoms with Crippen LogP contribution in [-0.4, -0.2) is 33.5 Å². The monoisotopic (exact) mass is 430 g/mol. The van der Waals surface area contributed by atoms with Gasteiger partial charge in [0.2, 0.25) is 5.91 Å². The number of benzene rings is 2. The van der Waals surface area contributed by atoms with Crippen LogP contribution in [0, 0.1) is 13.8 Å². The molecule has 0 aliphatic carbocycles. The van der Waals surface area contributed by atoms with Crippen molar-refractivity contribution >= 4 is 35.0 Å². The fourth-order valence-electron chi connectivity index (χ4n) is 2.94. The van der Waals surface area contributed by atoms with E-state index in [0.29, 0.717) is 28.3 Å². The lowest BCUT2D eigenvalue weighted by atomic mass is 10.1. The van der Waals surface area contributed by atoms with Crippen molar-refractivity contribution in [3.63, 3.8) is 0 Å². The fraction of sp³-hybridized carbons (Fsp3) is 0.286. The van der Waals surface area contributed by atoms with Gasteiger partial charge in [0.05, 0.1) is 18.4 Å². The van der Waals surface area contributed by atoms with Crippen LogP contribution >= 0.6 is 23.4 Å². The summed E-state index contributed by atoms with van der Waals surface area (Å²) in [4.78, 5) is 12.4. The van der Waals surface area contributed by atoms with E-state index in [2.05, 4.69) is 15.5 Å². The number of aryl methyl sites for hydroxylation is 1. The summed E-state index contributed by atoms with van der Waals surface area (Å²) in [5.74, 6) is 1.47. The van der Waals surface area contributed by atoms with Crippen molar-refractivity contribution in [3.8, 4) is 17.1 Å². The van der Waals surface area contributed by atoms with Gasteiger partial charge in [-0.15, -0.1) is 10.2 Å². The number of nitrogens with zero attached hydrogens (tertiary/aromatic N) is 3. The number of carbonyl (C=O) groups is 1. The Labute approximate surface area is 179 Å². The summed E-state index contributed by atoms with van der Waals surface area (Å²) in [5, 5.41) is 12.8. The van der Waals surface area contributed by atoms with Gasteiger partial charge in [0.1, 0.15) is 5.75 Å². The molecule has 0 fully saturated rings.